The van der Waals surface area contributed by atoms with Gasteiger partial charge < -0.3 is 19.9 Å². The Morgan fingerprint density at radius 2 is 2.17 bits per heavy atom. The minimum atomic E-state index is -1.11. The number of fused-ring (bicyclic) bond motifs is 1. The molecular weight excluding hydrogens is 301 g/mol. The second-order valence-electron chi connectivity index (χ2n) is 5.91. The van der Waals surface area contributed by atoms with Gasteiger partial charge in [0, 0.05) is 24.9 Å². The number of halogens is 1. The lowest BCUT2D eigenvalue weighted by molar-refractivity contribution is -0.153. The fraction of sp³-hybridized carbons (Fsp3) is 0.500. The molecule has 0 spiro atoms. The largest absolute Gasteiger partial charge is 0.376 e. The number of carbonyl (C=O) groups excluding carboxylic acids is 1. The van der Waals surface area contributed by atoms with Crippen molar-refractivity contribution in [1.29, 1.82) is 0 Å². The Morgan fingerprint density at radius 3 is 2.87 bits per heavy atom. The number of amides is 1. The number of carbonyl (C=O) groups is 1. The van der Waals surface area contributed by atoms with E-state index >= 15 is 0 Å². The van der Waals surface area contributed by atoms with Crippen molar-refractivity contribution in [2.45, 2.75) is 32.4 Å². The number of ether oxygens (including phenoxy) is 1. The number of nitrogens with zero attached hydrogens (tertiary/aromatic N) is 1. The molecule has 1 aromatic heterocycles. The van der Waals surface area contributed by atoms with Crippen LogP contribution in [0, 0.1) is 11.7 Å². The lowest BCUT2D eigenvalue weighted by Crippen LogP contribution is -2.65. The fourth-order valence-corrected chi connectivity index (χ4v) is 3.25. The third kappa shape index (κ3) is 2.55. The van der Waals surface area contributed by atoms with Crippen molar-refractivity contribution in [2.75, 3.05) is 13.7 Å². The smallest absolute Gasteiger partial charge is 0.248 e. The van der Waals surface area contributed by atoms with Crippen LogP contribution in [0.3, 0.4) is 0 Å². The molecule has 6 nitrogen and oxygen atoms in total. The summed E-state index contributed by atoms with van der Waals surface area (Å²) < 4.78 is 20.0. The summed E-state index contributed by atoms with van der Waals surface area (Å²) in [5.41, 5.74) is -1.40. The van der Waals surface area contributed by atoms with Gasteiger partial charge in [-0.15, -0.1) is 0 Å². The molecule has 2 saturated heterocycles. The fourth-order valence-electron chi connectivity index (χ4n) is 3.25. The second kappa shape index (κ2) is 5.81. The maximum Gasteiger partial charge on any atom is 0.248 e. The standard InChI is InChI=1S/C15H18FN3O3.CH4/c1-8-4-11-14(21)19(3)9(2)18-15(11,7-22-8)10-5-13(20)17-6-12(10)16;/h5-6,8,11,18H,2,4,7H2,1,3H3,(H,17,20);1H4/t8-,11-,15+;/m0./s1. The second-order valence-corrected chi connectivity index (χ2v) is 5.91. The first-order valence-electron chi connectivity index (χ1n) is 7.10. The Hall–Kier alpha value is -2.15. The summed E-state index contributed by atoms with van der Waals surface area (Å²) in [7, 11) is 1.62. The van der Waals surface area contributed by atoms with Crippen LogP contribution in [0.5, 0.6) is 0 Å². The predicted molar refractivity (Wildman–Crippen MR) is 84.0 cm³/mol. The maximum atomic E-state index is 14.3. The van der Waals surface area contributed by atoms with Crippen LogP contribution in [-0.4, -0.2) is 35.5 Å². The molecule has 3 atom stereocenters. The number of aromatic amines is 1. The molecule has 2 aliphatic rings. The average Bonchev–Trinajstić information content (AvgIpc) is 2.49. The van der Waals surface area contributed by atoms with Gasteiger partial charge in [-0.05, 0) is 13.3 Å². The summed E-state index contributed by atoms with van der Waals surface area (Å²) in [6.45, 7) is 5.77. The topological polar surface area (TPSA) is 74.4 Å². The van der Waals surface area contributed by atoms with Gasteiger partial charge in [-0.2, -0.15) is 0 Å². The molecule has 1 amide bonds. The monoisotopic (exact) mass is 323 g/mol. The summed E-state index contributed by atoms with van der Waals surface area (Å²) in [6, 6.07) is 1.18. The van der Waals surface area contributed by atoms with Gasteiger partial charge in [-0.1, -0.05) is 14.0 Å². The van der Waals surface area contributed by atoms with E-state index in [0.717, 1.165) is 6.20 Å². The van der Waals surface area contributed by atoms with E-state index in [1.54, 1.807) is 7.05 Å². The SMILES string of the molecule is C.C=C1N[C@@]2(c3cc(=O)[nH]cc3F)CO[C@@H](C)C[C@H]2C(=O)N1C. The molecule has 7 heteroatoms. The van der Waals surface area contributed by atoms with Crippen LogP contribution < -0.4 is 10.9 Å². The van der Waals surface area contributed by atoms with Crippen LogP contribution in [0.2, 0.25) is 0 Å². The highest BCUT2D eigenvalue weighted by molar-refractivity contribution is 5.83. The van der Waals surface area contributed by atoms with Gasteiger partial charge in [0.05, 0.1) is 18.6 Å². The quantitative estimate of drug-likeness (QED) is 0.817. The molecule has 0 radical (unpaired) electrons. The van der Waals surface area contributed by atoms with Crippen molar-refractivity contribution in [3.05, 3.63) is 46.4 Å². The van der Waals surface area contributed by atoms with Gasteiger partial charge in [-0.3, -0.25) is 9.59 Å². The van der Waals surface area contributed by atoms with Gasteiger partial charge in [0.15, 0.2) is 0 Å². The molecule has 0 unspecified atom stereocenters. The molecule has 1 aromatic rings. The van der Waals surface area contributed by atoms with Crippen molar-refractivity contribution < 1.29 is 13.9 Å². The van der Waals surface area contributed by atoms with Crippen molar-refractivity contribution in [3.8, 4) is 0 Å². The van der Waals surface area contributed by atoms with Crippen LogP contribution in [0.1, 0.15) is 26.3 Å². The molecular formula is C16H22FN3O3. The third-order valence-electron chi connectivity index (χ3n) is 4.51. The maximum absolute atomic E-state index is 14.3. The Labute approximate surface area is 134 Å². The first-order valence-corrected chi connectivity index (χ1v) is 7.10. The molecule has 23 heavy (non-hydrogen) atoms. The first kappa shape index (κ1) is 17.2. The van der Waals surface area contributed by atoms with E-state index < -0.39 is 22.8 Å². The number of aromatic nitrogens is 1. The molecule has 3 heterocycles. The van der Waals surface area contributed by atoms with E-state index in [-0.39, 0.29) is 31.6 Å². The van der Waals surface area contributed by atoms with E-state index in [2.05, 4.69) is 16.9 Å². The Balaban J connectivity index is 0.00000192. The van der Waals surface area contributed by atoms with E-state index in [1.807, 2.05) is 6.92 Å². The van der Waals surface area contributed by atoms with Gasteiger partial charge in [0.25, 0.3) is 0 Å². The first-order chi connectivity index (χ1) is 10.3. The highest BCUT2D eigenvalue weighted by Gasteiger charge is 2.54. The van der Waals surface area contributed by atoms with Gasteiger partial charge in [0.1, 0.15) is 17.2 Å². The predicted octanol–water partition coefficient (Wildman–Crippen LogP) is 1.30. The number of pyridine rings is 1. The number of hydrogen-bond acceptors (Lipinski definition) is 4. The minimum Gasteiger partial charge on any atom is -0.376 e. The zero-order chi connectivity index (χ0) is 16.1. The molecule has 0 aliphatic carbocycles. The number of H-pyrrole nitrogens is 1. The van der Waals surface area contributed by atoms with Crippen molar-refractivity contribution in [2.24, 2.45) is 5.92 Å². The molecule has 0 aromatic carbocycles. The summed E-state index contributed by atoms with van der Waals surface area (Å²) in [5.74, 6) is -0.902. The highest BCUT2D eigenvalue weighted by Crippen LogP contribution is 2.42. The highest BCUT2D eigenvalue weighted by atomic mass is 19.1. The zero-order valence-corrected chi connectivity index (χ0v) is 12.5. The van der Waals surface area contributed by atoms with E-state index in [4.69, 9.17) is 4.74 Å². The van der Waals surface area contributed by atoms with Gasteiger partial charge >= 0.3 is 0 Å². The van der Waals surface area contributed by atoms with Crippen LogP contribution >= 0.6 is 0 Å². The molecule has 0 bridgehead atoms. The minimum absolute atomic E-state index is 0. The van der Waals surface area contributed by atoms with Crippen molar-refractivity contribution in [3.63, 3.8) is 0 Å². The molecule has 0 saturated carbocycles. The van der Waals surface area contributed by atoms with E-state index in [1.165, 1.54) is 11.0 Å². The molecule has 2 aliphatic heterocycles. The summed E-state index contributed by atoms with van der Waals surface area (Å²) in [5, 5.41) is 3.11. The normalized spacial score (nSPS) is 30.3. The van der Waals surface area contributed by atoms with E-state index in [0.29, 0.717) is 12.2 Å². The van der Waals surface area contributed by atoms with Gasteiger partial charge in [0.2, 0.25) is 11.5 Å². The molecule has 2 fully saturated rings. The summed E-state index contributed by atoms with van der Waals surface area (Å²) >= 11 is 0. The van der Waals surface area contributed by atoms with Crippen molar-refractivity contribution in [1.82, 2.24) is 15.2 Å². The average molecular weight is 323 g/mol. The lowest BCUT2D eigenvalue weighted by Gasteiger charge is -2.51. The third-order valence-corrected chi connectivity index (χ3v) is 4.51. The van der Waals surface area contributed by atoms with Gasteiger partial charge in [-0.25, -0.2) is 4.39 Å². The zero-order valence-electron chi connectivity index (χ0n) is 12.5. The van der Waals surface area contributed by atoms with Crippen LogP contribution in [0.15, 0.2) is 29.5 Å². The number of rotatable bonds is 1. The van der Waals surface area contributed by atoms with Crippen LogP contribution in [0.4, 0.5) is 4.39 Å². The summed E-state index contributed by atoms with van der Waals surface area (Å²) in [6.07, 6.45) is 1.33. The number of nitrogens with one attached hydrogen (secondary N) is 2. The molecule has 2 N–H and O–H groups in total. The lowest BCUT2D eigenvalue weighted by atomic mass is 9.72. The van der Waals surface area contributed by atoms with Crippen LogP contribution in [0.25, 0.3) is 0 Å². The summed E-state index contributed by atoms with van der Waals surface area (Å²) in [4.78, 5) is 28.0. The van der Waals surface area contributed by atoms with Crippen molar-refractivity contribution >= 4 is 5.91 Å². The van der Waals surface area contributed by atoms with E-state index in [9.17, 15) is 14.0 Å². The Bertz CT molecular complexity index is 702. The Kier molecular flexibility index (Phi) is 4.34. The molecule has 126 valence electrons. The Morgan fingerprint density at radius 1 is 1.48 bits per heavy atom. The number of hydrogen-bond donors (Lipinski definition) is 2. The van der Waals surface area contributed by atoms with Crippen LogP contribution in [-0.2, 0) is 15.1 Å². The molecule has 3 rings (SSSR count).